The molecule has 0 N–H and O–H groups in total. The van der Waals surface area contributed by atoms with Crippen LogP contribution in [0.15, 0.2) is 0 Å². The second kappa shape index (κ2) is 33.7. The maximum absolute atomic E-state index is 8.93. The molecule has 0 aliphatic rings. The van der Waals surface area contributed by atoms with Crippen LogP contribution in [0.3, 0.4) is 0 Å². The van der Waals surface area contributed by atoms with E-state index in [9.17, 15) is 0 Å². The fraction of sp³-hybridized carbons (Fsp3) is 1.00. The van der Waals surface area contributed by atoms with Gasteiger partial charge in [-0.1, -0.05) is 13.8 Å². The zero-order valence-electron chi connectivity index (χ0n) is 6.23. The van der Waals surface area contributed by atoms with Crippen molar-refractivity contribution in [3.05, 3.63) is 0 Å². The molecule has 40 valence electrons. The van der Waals surface area contributed by atoms with Crippen molar-refractivity contribution in [2.45, 2.75) is 13.8 Å². The standard InChI is InChI=1S/2C2H5O.K.Na/c2*1-2-3;;/h2*2H2,1H3;;/q2*-1;2*+1. The van der Waals surface area contributed by atoms with E-state index in [0.29, 0.717) is 0 Å². The molecule has 2 nitrogen and oxygen atoms in total. The van der Waals surface area contributed by atoms with Crippen LogP contribution < -0.4 is 91.2 Å². The van der Waals surface area contributed by atoms with Crippen LogP contribution in [0, 0.1) is 0 Å². The van der Waals surface area contributed by atoms with E-state index in [4.69, 9.17) is 10.2 Å². The zero-order valence-corrected chi connectivity index (χ0v) is 11.4. The van der Waals surface area contributed by atoms with Crippen molar-refractivity contribution in [1.82, 2.24) is 0 Å². The summed E-state index contributed by atoms with van der Waals surface area (Å²) in [4.78, 5) is 0. The molecule has 0 radical (unpaired) electrons. The molecular formula is C4H10KNaO2. The quantitative estimate of drug-likeness (QED) is 0.324. The summed E-state index contributed by atoms with van der Waals surface area (Å²) in [6.45, 7) is 3.14. The SMILES string of the molecule is CC[O-].CC[O-].[K+].[Na+]. The molecule has 0 amide bonds. The third kappa shape index (κ3) is 74.8. The molecule has 0 aromatic heterocycles. The molecule has 0 aliphatic carbocycles. The molecule has 0 aliphatic heterocycles. The van der Waals surface area contributed by atoms with Gasteiger partial charge < -0.3 is 10.2 Å². The summed E-state index contributed by atoms with van der Waals surface area (Å²) in [5.41, 5.74) is 0. The van der Waals surface area contributed by atoms with Crippen LogP contribution in [0.4, 0.5) is 0 Å². The summed E-state index contributed by atoms with van der Waals surface area (Å²) in [6, 6.07) is 0. The Balaban J connectivity index is -0.0000000160. The third-order valence-corrected chi connectivity index (χ3v) is 0. The van der Waals surface area contributed by atoms with Gasteiger partial charge in [-0.3, -0.25) is 0 Å². The molecule has 0 fully saturated rings. The molecule has 0 rings (SSSR count). The molecule has 0 saturated carbocycles. The van der Waals surface area contributed by atoms with E-state index < -0.39 is 0 Å². The monoisotopic (exact) mass is 152 g/mol. The number of rotatable bonds is 0. The minimum absolute atomic E-state index is 0. The average molecular weight is 152 g/mol. The summed E-state index contributed by atoms with van der Waals surface area (Å²) in [5, 5.41) is 17.9. The Hall–Kier alpha value is 2.56. The van der Waals surface area contributed by atoms with Crippen LogP contribution in [0.2, 0.25) is 0 Å². The summed E-state index contributed by atoms with van der Waals surface area (Å²) >= 11 is 0. The van der Waals surface area contributed by atoms with E-state index in [-0.39, 0.29) is 94.2 Å². The Morgan fingerprint density at radius 3 is 1.00 bits per heavy atom. The van der Waals surface area contributed by atoms with E-state index in [2.05, 4.69) is 0 Å². The first-order chi connectivity index (χ1) is 2.83. The largest absolute Gasteiger partial charge is 1.00 e. The van der Waals surface area contributed by atoms with Gasteiger partial charge in [-0.15, -0.1) is 13.2 Å². The minimum atomic E-state index is 0. The molecule has 0 heterocycles. The molecule has 0 aromatic carbocycles. The van der Waals surface area contributed by atoms with Crippen LogP contribution in [-0.4, -0.2) is 13.2 Å². The molecule has 0 atom stereocenters. The van der Waals surface area contributed by atoms with Crippen LogP contribution in [0.25, 0.3) is 0 Å². The summed E-state index contributed by atoms with van der Waals surface area (Å²) in [6.07, 6.45) is 0. The average Bonchev–Trinajstić information content (AvgIpc) is 1.39. The summed E-state index contributed by atoms with van der Waals surface area (Å²) < 4.78 is 0. The van der Waals surface area contributed by atoms with Gasteiger partial charge in [0.25, 0.3) is 0 Å². The van der Waals surface area contributed by atoms with Gasteiger partial charge in [-0.25, -0.2) is 0 Å². The van der Waals surface area contributed by atoms with Gasteiger partial charge in [0.05, 0.1) is 0 Å². The van der Waals surface area contributed by atoms with Crippen LogP contribution in [0.1, 0.15) is 13.8 Å². The van der Waals surface area contributed by atoms with Crippen LogP contribution in [0.5, 0.6) is 0 Å². The minimum Gasteiger partial charge on any atom is -0.855 e. The van der Waals surface area contributed by atoms with Gasteiger partial charge in [0, 0.05) is 0 Å². The molecular weight excluding hydrogens is 142 g/mol. The Labute approximate surface area is 116 Å². The van der Waals surface area contributed by atoms with Gasteiger partial charge in [0.2, 0.25) is 0 Å². The van der Waals surface area contributed by atoms with Crippen molar-refractivity contribution in [1.29, 1.82) is 0 Å². The van der Waals surface area contributed by atoms with Crippen molar-refractivity contribution in [2.24, 2.45) is 0 Å². The molecule has 0 aromatic rings. The van der Waals surface area contributed by atoms with Crippen molar-refractivity contribution in [2.75, 3.05) is 13.2 Å². The molecule has 8 heavy (non-hydrogen) atoms. The smallest absolute Gasteiger partial charge is 0.855 e. The fourth-order valence-corrected chi connectivity index (χ4v) is 0. The van der Waals surface area contributed by atoms with E-state index >= 15 is 0 Å². The third-order valence-electron chi connectivity index (χ3n) is 0. The van der Waals surface area contributed by atoms with Crippen molar-refractivity contribution in [3.63, 3.8) is 0 Å². The van der Waals surface area contributed by atoms with E-state index in [1.165, 1.54) is 0 Å². The van der Waals surface area contributed by atoms with Crippen molar-refractivity contribution in [3.8, 4) is 0 Å². The molecule has 0 saturated heterocycles. The Morgan fingerprint density at radius 2 is 1.00 bits per heavy atom. The van der Waals surface area contributed by atoms with Gasteiger partial charge in [0.15, 0.2) is 0 Å². The molecule has 0 spiro atoms. The van der Waals surface area contributed by atoms with Gasteiger partial charge >= 0.3 is 80.9 Å². The van der Waals surface area contributed by atoms with E-state index in [0.717, 1.165) is 0 Å². The Bertz CT molecular complexity index is 16.0. The number of hydrogen-bond acceptors (Lipinski definition) is 2. The van der Waals surface area contributed by atoms with Crippen molar-refractivity contribution >= 4 is 0 Å². The molecule has 0 unspecified atom stereocenters. The first-order valence-corrected chi connectivity index (χ1v) is 1.99. The Kier molecular flexibility index (Phi) is 94.5. The van der Waals surface area contributed by atoms with Crippen LogP contribution in [-0.2, 0) is 0 Å². The van der Waals surface area contributed by atoms with Crippen molar-refractivity contribution < 1.29 is 91.2 Å². The normalized spacial score (nSPS) is 4.50. The zero-order chi connectivity index (χ0) is 5.41. The first-order valence-electron chi connectivity index (χ1n) is 1.99. The molecule has 4 heteroatoms. The predicted octanol–water partition coefficient (Wildman–Crippen LogP) is -7.26. The second-order valence-corrected chi connectivity index (χ2v) is 0.577. The second-order valence-electron chi connectivity index (χ2n) is 0.577. The summed E-state index contributed by atoms with van der Waals surface area (Å²) in [5.74, 6) is 0. The molecule has 0 bridgehead atoms. The van der Waals surface area contributed by atoms with E-state index in [1.807, 2.05) is 0 Å². The predicted molar refractivity (Wildman–Crippen MR) is 21.1 cm³/mol. The summed E-state index contributed by atoms with van der Waals surface area (Å²) in [7, 11) is 0. The number of hydrogen-bond donors (Lipinski definition) is 0. The van der Waals surface area contributed by atoms with Gasteiger partial charge in [-0.2, -0.15) is 0 Å². The fourth-order valence-electron chi connectivity index (χ4n) is 0. The van der Waals surface area contributed by atoms with E-state index in [1.54, 1.807) is 13.8 Å². The maximum Gasteiger partial charge on any atom is 1.00 e. The van der Waals surface area contributed by atoms with Crippen LogP contribution >= 0.6 is 0 Å². The van der Waals surface area contributed by atoms with Gasteiger partial charge in [-0.05, 0) is 0 Å². The van der Waals surface area contributed by atoms with Gasteiger partial charge in [0.1, 0.15) is 0 Å². The first kappa shape index (κ1) is 22.4. The Morgan fingerprint density at radius 1 is 1.00 bits per heavy atom. The maximum atomic E-state index is 8.93. The topological polar surface area (TPSA) is 46.1 Å².